The Morgan fingerprint density at radius 3 is 2.61 bits per heavy atom. The molecule has 0 saturated carbocycles. The van der Waals surface area contributed by atoms with Crippen molar-refractivity contribution in [2.75, 3.05) is 11.7 Å². The Morgan fingerprint density at radius 2 is 1.89 bits per heavy atom. The minimum absolute atomic E-state index is 0.0745. The van der Waals surface area contributed by atoms with Gasteiger partial charge in [-0.3, -0.25) is 9.69 Å². The molecule has 0 N–H and O–H groups in total. The largest absolute Gasteiger partial charge is 0.454 e. The van der Waals surface area contributed by atoms with Crippen LogP contribution in [0.2, 0.25) is 0 Å². The second-order valence-electron chi connectivity index (χ2n) is 5.79. The van der Waals surface area contributed by atoms with Crippen LogP contribution in [0.1, 0.15) is 11.1 Å². The average molecular weight is 488 g/mol. The van der Waals surface area contributed by atoms with Crippen LogP contribution in [0, 0.1) is 0 Å². The van der Waals surface area contributed by atoms with Crippen molar-refractivity contribution in [3.05, 3.63) is 56.9 Å². The van der Waals surface area contributed by atoms with Gasteiger partial charge in [0.15, 0.2) is 15.8 Å². The number of benzene rings is 2. The van der Waals surface area contributed by atoms with E-state index in [9.17, 15) is 18.0 Å². The number of alkyl halides is 3. The van der Waals surface area contributed by atoms with E-state index in [1.807, 2.05) is 0 Å². The lowest BCUT2D eigenvalue weighted by Crippen LogP contribution is -2.27. The van der Waals surface area contributed by atoms with Crippen molar-refractivity contribution >= 4 is 61.9 Å². The van der Waals surface area contributed by atoms with Crippen LogP contribution in [0.15, 0.2) is 45.8 Å². The van der Waals surface area contributed by atoms with E-state index >= 15 is 0 Å². The van der Waals surface area contributed by atoms with Crippen molar-refractivity contribution in [1.29, 1.82) is 0 Å². The van der Waals surface area contributed by atoms with Gasteiger partial charge >= 0.3 is 6.18 Å². The van der Waals surface area contributed by atoms with Crippen molar-refractivity contribution < 1.29 is 27.4 Å². The smallest absolute Gasteiger partial charge is 0.416 e. The highest BCUT2D eigenvalue weighted by molar-refractivity contribution is 9.10. The molecule has 10 heteroatoms. The third kappa shape index (κ3) is 3.51. The number of thioether (sulfide) groups is 1. The van der Waals surface area contributed by atoms with E-state index in [-0.39, 0.29) is 16.8 Å². The Hall–Kier alpha value is -2.04. The Morgan fingerprint density at radius 1 is 1.18 bits per heavy atom. The number of anilines is 1. The number of carbonyl (C=O) groups is 1. The molecule has 1 saturated heterocycles. The van der Waals surface area contributed by atoms with Crippen molar-refractivity contribution in [3.8, 4) is 11.5 Å². The Bertz CT molecular complexity index is 1040. The van der Waals surface area contributed by atoms with Crippen molar-refractivity contribution in [2.45, 2.75) is 6.18 Å². The fourth-order valence-corrected chi connectivity index (χ4v) is 4.42. The lowest BCUT2D eigenvalue weighted by molar-refractivity contribution is -0.137. The first-order valence-electron chi connectivity index (χ1n) is 7.78. The van der Waals surface area contributed by atoms with Crippen LogP contribution in [-0.4, -0.2) is 17.0 Å². The molecule has 1 fully saturated rings. The average Bonchev–Trinajstić information content (AvgIpc) is 3.18. The third-order valence-corrected chi connectivity index (χ3v) is 5.99. The molecule has 0 bridgehead atoms. The number of amides is 1. The second kappa shape index (κ2) is 7.09. The molecule has 1 amide bonds. The summed E-state index contributed by atoms with van der Waals surface area (Å²) in [6.45, 7) is 0.114. The summed E-state index contributed by atoms with van der Waals surface area (Å²) in [5.74, 6) is 0.641. The molecule has 4 nitrogen and oxygen atoms in total. The van der Waals surface area contributed by atoms with Crippen LogP contribution in [0.5, 0.6) is 11.5 Å². The molecular formula is C18H9BrF3NO3S2. The number of nitrogens with zero attached hydrogens (tertiary/aromatic N) is 1. The van der Waals surface area contributed by atoms with Gasteiger partial charge in [-0.1, -0.05) is 46.0 Å². The van der Waals surface area contributed by atoms with Crippen molar-refractivity contribution in [1.82, 2.24) is 0 Å². The van der Waals surface area contributed by atoms with Gasteiger partial charge in [-0.2, -0.15) is 13.2 Å². The Kier molecular flexibility index (Phi) is 4.88. The van der Waals surface area contributed by atoms with E-state index in [2.05, 4.69) is 15.9 Å². The van der Waals surface area contributed by atoms with E-state index in [1.54, 1.807) is 18.2 Å². The molecule has 0 aromatic heterocycles. The summed E-state index contributed by atoms with van der Waals surface area (Å²) in [6.07, 6.45) is -2.90. The number of carbonyl (C=O) groups excluding carboxylic acids is 1. The number of thiocarbonyl (C=S) groups is 1. The first kappa shape index (κ1) is 19.3. The van der Waals surface area contributed by atoms with Gasteiger partial charge in [0.25, 0.3) is 5.91 Å². The van der Waals surface area contributed by atoms with E-state index in [4.69, 9.17) is 21.7 Å². The van der Waals surface area contributed by atoms with Gasteiger partial charge in [0, 0.05) is 4.47 Å². The molecule has 2 aromatic carbocycles. The highest BCUT2D eigenvalue weighted by atomic mass is 79.9. The maximum absolute atomic E-state index is 13.0. The molecule has 144 valence electrons. The van der Waals surface area contributed by atoms with E-state index < -0.39 is 17.6 Å². The van der Waals surface area contributed by atoms with Crippen LogP contribution >= 0.6 is 39.9 Å². The topological polar surface area (TPSA) is 38.8 Å². The molecule has 0 radical (unpaired) electrons. The van der Waals surface area contributed by atoms with Gasteiger partial charge in [-0.05, 0) is 42.0 Å². The summed E-state index contributed by atoms with van der Waals surface area (Å²) in [5, 5.41) is 0. The Balaban J connectivity index is 1.68. The predicted octanol–water partition coefficient (Wildman–Crippen LogP) is 5.60. The van der Waals surface area contributed by atoms with Crippen LogP contribution in [0.25, 0.3) is 6.08 Å². The summed E-state index contributed by atoms with van der Waals surface area (Å²) in [6, 6.07) is 7.95. The van der Waals surface area contributed by atoms with Crippen LogP contribution in [-0.2, 0) is 11.0 Å². The zero-order chi connectivity index (χ0) is 20.1. The molecule has 0 spiro atoms. The maximum Gasteiger partial charge on any atom is 0.416 e. The molecule has 2 heterocycles. The number of fused-ring (bicyclic) bond motifs is 1. The molecule has 0 aliphatic carbocycles. The van der Waals surface area contributed by atoms with Gasteiger partial charge in [-0.15, -0.1) is 0 Å². The zero-order valence-electron chi connectivity index (χ0n) is 13.7. The quantitative estimate of drug-likeness (QED) is 0.407. The number of ether oxygens (including phenoxy) is 2. The zero-order valence-corrected chi connectivity index (χ0v) is 17.0. The first-order valence-corrected chi connectivity index (χ1v) is 9.80. The summed E-state index contributed by atoms with van der Waals surface area (Å²) in [5.41, 5.74) is -0.110. The summed E-state index contributed by atoms with van der Waals surface area (Å²) >= 11 is 9.66. The molecule has 28 heavy (non-hydrogen) atoms. The maximum atomic E-state index is 13.0. The van der Waals surface area contributed by atoms with Crippen molar-refractivity contribution in [2.24, 2.45) is 0 Å². The van der Waals surface area contributed by atoms with E-state index in [1.165, 1.54) is 12.1 Å². The normalized spacial score (nSPS) is 17.7. The molecule has 2 aliphatic heterocycles. The predicted molar refractivity (Wildman–Crippen MR) is 107 cm³/mol. The van der Waals surface area contributed by atoms with E-state index in [0.29, 0.717) is 26.4 Å². The van der Waals surface area contributed by atoms with Gasteiger partial charge < -0.3 is 9.47 Å². The summed E-state index contributed by atoms with van der Waals surface area (Å²) in [4.78, 5) is 14.2. The first-order chi connectivity index (χ1) is 13.2. The molecule has 2 aromatic rings. The minimum atomic E-state index is -4.51. The standard InChI is InChI=1S/C18H9BrF3NO3S2/c19-12-7-14-13(25-8-26-14)4-9(12)5-15-16(24)23(17(27)28-15)11-3-1-2-10(6-11)18(20,21)22/h1-7H,8H2. The number of hydrogen-bond acceptors (Lipinski definition) is 5. The lowest BCUT2D eigenvalue weighted by Gasteiger charge is -2.16. The highest BCUT2D eigenvalue weighted by Gasteiger charge is 2.36. The lowest BCUT2D eigenvalue weighted by atomic mass is 10.1. The SMILES string of the molecule is O=C1C(=Cc2cc3c(cc2Br)OCO3)SC(=S)N1c1cccc(C(F)(F)F)c1. The molecule has 2 aliphatic rings. The summed E-state index contributed by atoms with van der Waals surface area (Å²) < 4.78 is 50.4. The molecular weight excluding hydrogens is 479 g/mol. The Labute approximate surface area is 175 Å². The molecule has 0 atom stereocenters. The number of halogens is 4. The fourth-order valence-electron chi connectivity index (χ4n) is 2.70. The number of hydrogen-bond donors (Lipinski definition) is 0. The minimum Gasteiger partial charge on any atom is -0.454 e. The monoisotopic (exact) mass is 487 g/mol. The van der Waals surface area contributed by atoms with Crippen LogP contribution in [0.4, 0.5) is 18.9 Å². The van der Waals surface area contributed by atoms with Crippen LogP contribution < -0.4 is 14.4 Å². The molecule has 0 unspecified atom stereocenters. The number of rotatable bonds is 2. The fraction of sp³-hybridized carbons (Fsp3) is 0.111. The second-order valence-corrected chi connectivity index (χ2v) is 8.32. The van der Waals surface area contributed by atoms with Gasteiger partial charge in [-0.25, -0.2) is 0 Å². The van der Waals surface area contributed by atoms with Gasteiger partial charge in [0.2, 0.25) is 6.79 Å². The summed E-state index contributed by atoms with van der Waals surface area (Å²) in [7, 11) is 0. The highest BCUT2D eigenvalue weighted by Crippen LogP contribution is 2.41. The van der Waals surface area contributed by atoms with E-state index in [0.717, 1.165) is 28.8 Å². The van der Waals surface area contributed by atoms with Crippen molar-refractivity contribution in [3.63, 3.8) is 0 Å². The van der Waals surface area contributed by atoms with Gasteiger partial charge in [0.05, 0.1) is 16.2 Å². The van der Waals surface area contributed by atoms with Gasteiger partial charge in [0.1, 0.15) is 0 Å². The third-order valence-electron chi connectivity index (χ3n) is 4.00. The molecule has 4 rings (SSSR count). The van der Waals surface area contributed by atoms with Crippen LogP contribution in [0.3, 0.4) is 0 Å².